The molecule has 2 atom stereocenters. The highest BCUT2D eigenvalue weighted by atomic mass is 16.4. The number of amidine groups is 1. The van der Waals surface area contributed by atoms with Crippen LogP contribution in [0.5, 0.6) is 0 Å². The van der Waals surface area contributed by atoms with E-state index >= 15 is 0 Å². The highest BCUT2D eigenvalue weighted by Gasteiger charge is 2.40. The van der Waals surface area contributed by atoms with Crippen LogP contribution in [0.4, 0.5) is 0 Å². The van der Waals surface area contributed by atoms with Crippen LogP contribution in [0, 0.1) is 0 Å². The molecular weight excluding hydrogens is 350 g/mol. The summed E-state index contributed by atoms with van der Waals surface area (Å²) in [5, 5.41) is 9.24. The first kappa shape index (κ1) is 24.6. The molecule has 0 aliphatic carbocycles. The number of rotatable bonds is 18. The third-order valence-electron chi connectivity index (χ3n) is 5.72. The molecule has 1 aliphatic rings. The molecule has 0 bridgehead atoms. The maximum Gasteiger partial charge on any atom is 0.360 e. The van der Waals surface area contributed by atoms with Gasteiger partial charge in [-0.1, -0.05) is 70.3 Å². The molecule has 0 fully saturated rings. The van der Waals surface area contributed by atoms with Crippen LogP contribution in [0.3, 0.4) is 0 Å². The average Bonchev–Trinajstić information content (AvgIpc) is 3.05. The fourth-order valence-corrected chi connectivity index (χ4v) is 3.93. The van der Waals surface area contributed by atoms with Gasteiger partial charge in [-0.3, -0.25) is 5.73 Å². The van der Waals surface area contributed by atoms with Gasteiger partial charge in [0, 0.05) is 13.3 Å². The van der Waals surface area contributed by atoms with E-state index in [0.29, 0.717) is 0 Å². The normalized spacial score (nSPS) is 19.6. The summed E-state index contributed by atoms with van der Waals surface area (Å²) in [4.78, 5) is 15.7. The Labute approximate surface area is 172 Å². The van der Waals surface area contributed by atoms with Gasteiger partial charge >= 0.3 is 5.97 Å². The molecule has 0 amide bonds. The molecule has 0 aromatic heterocycles. The molecule has 0 saturated heterocycles. The third kappa shape index (κ3) is 9.16. The average molecular weight is 393 g/mol. The van der Waals surface area contributed by atoms with Crippen LogP contribution in [0.15, 0.2) is 30.0 Å². The van der Waals surface area contributed by atoms with E-state index in [1.807, 2.05) is 19.2 Å². The fourth-order valence-electron chi connectivity index (χ4n) is 3.93. The molecule has 160 valence electrons. The van der Waals surface area contributed by atoms with Crippen molar-refractivity contribution in [3.05, 3.63) is 25.1 Å². The van der Waals surface area contributed by atoms with Gasteiger partial charge in [-0.15, -0.1) is 6.58 Å². The molecule has 1 aliphatic heterocycles. The van der Waals surface area contributed by atoms with E-state index in [1.54, 1.807) is 6.20 Å². The summed E-state index contributed by atoms with van der Waals surface area (Å²) in [7, 11) is 0. The number of allylic oxidation sites excluding steroid dienone is 1. The van der Waals surface area contributed by atoms with Gasteiger partial charge in [0.05, 0.1) is 6.20 Å². The van der Waals surface area contributed by atoms with Gasteiger partial charge in [-0.25, -0.2) is 14.3 Å². The lowest BCUT2D eigenvalue weighted by Crippen LogP contribution is -2.59. The number of carboxylic acids is 1. The van der Waals surface area contributed by atoms with Crippen molar-refractivity contribution in [3.8, 4) is 0 Å². The van der Waals surface area contributed by atoms with Crippen LogP contribution in [0.2, 0.25) is 0 Å². The SMILES string of the molecule is C=CCCCCCCCCCCCCCCC1=NC=C[N+]1(CC(=O)O)C(C)N. The smallest absolute Gasteiger partial charge is 0.360 e. The van der Waals surface area contributed by atoms with Crippen molar-refractivity contribution in [2.24, 2.45) is 10.7 Å². The molecule has 28 heavy (non-hydrogen) atoms. The lowest BCUT2D eigenvalue weighted by molar-refractivity contribution is -0.805. The van der Waals surface area contributed by atoms with E-state index in [1.165, 1.54) is 70.6 Å². The summed E-state index contributed by atoms with van der Waals surface area (Å²) in [6.07, 6.45) is 22.8. The van der Waals surface area contributed by atoms with E-state index in [2.05, 4.69) is 11.6 Å². The highest BCUT2D eigenvalue weighted by Crippen LogP contribution is 2.23. The highest BCUT2D eigenvalue weighted by molar-refractivity contribution is 5.81. The maximum absolute atomic E-state index is 11.2. The molecule has 1 heterocycles. The number of hydrogen-bond donors (Lipinski definition) is 2. The number of aliphatic imine (C=N–C) groups is 1. The quantitative estimate of drug-likeness (QED) is 0.178. The lowest BCUT2D eigenvalue weighted by Gasteiger charge is -2.34. The van der Waals surface area contributed by atoms with Crippen molar-refractivity contribution in [2.45, 2.75) is 103 Å². The number of nitrogens with zero attached hydrogens (tertiary/aromatic N) is 2. The van der Waals surface area contributed by atoms with Crippen LogP contribution in [0.1, 0.15) is 96.8 Å². The Balaban J connectivity index is 2.04. The molecule has 0 aromatic carbocycles. The zero-order valence-corrected chi connectivity index (χ0v) is 18.0. The predicted octanol–water partition coefficient (Wildman–Crippen LogP) is 5.72. The second-order valence-corrected chi connectivity index (χ2v) is 8.14. The van der Waals surface area contributed by atoms with Crippen LogP contribution in [-0.4, -0.2) is 34.1 Å². The molecule has 5 nitrogen and oxygen atoms in total. The van der Waals surface area contributed by atoms with Gasteiger partial charge in [0.25, 0.3) is 0 Å². The largest absolute Gasteiger partial charge is 0.477 e. The third-order valence-corrected chi connectivity index (χ3v) is 5.72. The molecular formula is C23H42N3O2+. The number of unbranched alkanes of at least 4 members (excludes halogenated alkanes) is 12. The summed E-state index contributed by atoms with van der Waals surface area (Å²) in [5.41, 5.74) is 6.09. The minimum atomic E-state index is -0.840. The zero-order chi connectivity index (χ0) is 20.7. The Hall–Kier alpha value is -1.46. The summed E-state index contributed by atoms with van der Waals surface area (Å²) < 4.78 is 0.170. The second kappa shape index (κ2) is 14.5. The van der Waals surface area contributed by atoms with E-state index in [0.717, 1.165) is 25.1 Å². The molecule has 5 heteroatoms. The van der Waals surface area contributed by atoms with Crippen molar-refractivity contribution < 1.29 is 14.4 Å². The summed E-state index contributed by atoms with van der Waals surface area (Å²) >= 11 is 0. The maximum atomic E-state index is 11.2. The van der Waals surface area contributed by atoms with Gasteiger partial charge in [0.2, 0.25) is 5.84 Å². The van der Waals surface area contributed by atoms with Crippen LogP contribution in [-0.2, 0) is 4.79 Å². The molecule has 0 spiro atoms. The number of carboxylic acid groups (broad SMARTS) is 1. The number of nitrogens with two attached hydrogens (primary N) is 1. The molecule has 0 saturated carbocycles. The van der Waals surface area contributed by atoms with E-state index in [9.17, 15) is 9.90 Å². The molecule has 2 unspecified atom stereocenters. The minimum Gasteiger partial charge on any atom is -0.477 e. The summed E-state index contributed by atoms with van der Waals surface area (Å²) in [6, 6.07) is 0. The number of carbonyl (C=O) groups is 1. The monoisotopic (exact) mass is 392 g/mol. The first-order chi connectivity index (χ1) is 13.5. The summed E-state index contributed by atoms with van der Waals surface area (Å²) in [6.45, 7) is 5.59. The van der Waals surface area contributed by atoms with Gasteiger partial charge in [-0.05, 0) is 19.3 Å². The van der Waals surface area contributed by atoms with Crippen molar-refractivity contribution >= 4 is 11.8 Å². The van der Waals surface area contributed by atoms with Crippen molar-refractivity contribution in [3.63, 3.8) is 0 Å². The number of aliphatic carboxylic acids is 1. The van der Waals surface area contributed by atoms with Gasteiger partial charge in [-0.2, -0.15) is 0 Å². The predicted molar refractivity (Wildman–Crippen MR) is 118 cm³/mol. The minimum absolute atomic E-state index is 0.0265. The van der Waals surface area contributed by atoms with Crippen LogP contribution in [0.25, 0.3) is 0 Å². The molecule has 3 N–H and O–H groups in total. The summed E-state index contributed by atoms with van der Waals surface area (Å²) in [5.74, 6) is 0.0544. The first-order valence-corrected chi connectivity index (χ1v) is 11.2. The topological polar surface area (TPSA) is 75.7 Å². The Kier molecular flexibility index (Phi) is 12.8. The van der Waals surface area contributed by atoms with Crippen LogP contribution < -0.4 is 5.73 Å². The first-order valence-electron chi connectivity index (χ1n) is 11.2. The van der Waals surface area contributed by atoms with Gasteiger partial charge in [0.1, 0.15) is 12.4 Å². The number of hydrogen-bond acceptors (Lipinski definition) is 3. The van der Waals surface area contributed by atoms with Crippen molar-refractivity contribution in [1.82, 2.24) is 0 Å². The Bertz CT molecular complexity index is 514. The van der Waals surface area contributed by atoms with Crippen molar-refractivity contribution in [2.75, 3.05) is 6.54 Å². The van der Waals surface area contributed by atoms with E-state index in [4.69, 9.17) is 5.73 Å². The standard InChI is InChI=1S/C23H41N3O2/c1-3-4-5-6-7-8-9-10-11-12-13-14-15-16-17-22-25-18-19-26(22,21(2)24)20-23(27)28/h3,18-19,21H,1,4-17,20,24H2,2H3/p+1. The lowest BCUT2D eigenvalue weighted by atomic mass is 10.0. The molecule has 1 rings (SSSR count). The zero-order valence-electron chi connectivity index (χ0n) is 18.0. The van der Waals surface area contributed by atoms with E-state index in [-0.39, 0.29) is 17.2 Å². The number of quaternary nitrogens is 1. The Morgan fingerprint density at radius 2 is 1.57 bits per heavy atom. The van der Waals surface area contributed by atoms with Crippen LogP contribution >= 0.6 is 0 Å². The Morgan fingerprint density at radius 1 is 1.07 bits per heavy atom. The molecule has 0 radical (unpaired) electrons. The Morgan fingerprint density at radius 3 is 2.04 bits per heavy atom. The van der Waals surface area contributed by atoms with Crippen molar-refractivity contribution in [1.29, 1.82) is 0 Å². The van der Waals surface area contributed by atoms with Gasteiger partial charge in [0.15, 0.2) is 6.54 Å². The van der Waals surface area contributed by atoms with Gasteiger partial charge < -0.3 is 5.11 Å². The second-order valence-electron chi connectivity index (χ2n) is 8.14. The molecule has 0 aromatic rings. The fraction of sp³-hybridized carbons (Fsp3) is 0.739. The van der Waals surface area contributed by atoms with E-state index < -0.39 is 5.97 Å².